The van der Waals surface area contributed by atoms with E-state index < -0.39 is 0 Å². The summed E-state index contributed by atoms with van der Waals surface area (Å²) in [4.78, 5) is 4.54. The van der Waals surface area contributed by atoms with Gasteiger partial charge in [-0.2, -0.15) is 5.10 Å². The molecular weight excluding hydrogens is 236 g/mol. The molecule has 0 spiro atoms. The minimum atomic E-state index is 0.126. The molecule has 0 fully saturated rings. The van der Waals surface area contributed by atoms with Gasteiger partial charge in [-0.1, -0.05) is 13.0 Å². The third-order valence-electron chi connectivity index (χ3n) is 3.23. The second kappa shape index (κ2) is 6.48. The van der Waals surface area contributed by atoms with Crippen molar-refractivity contribution in [2.75, 3.05) is 6.54 Å². The number of aryl methyl sites for hydroxylation is 2. The molecule has 0 saturated heterocycles. The number of rotatable bonds is 6. The van der Waals surface area contributed by atoms with Crippen LogP contribution in [-0.2, 0) is 6.54 Å². The molecule has 0 aliphatic heterocycles. The quantitative estimate of drug-likeness (QED) is 0.866. The van der Waals surface area contributed by atoms with Crippen LogP contribution in [0.3, 0.4) is 0 Å². The Morgan fingerprint density at radius 2 is 2.21 bits per heavy atom. The first kappa shape index (κ1) is 13.7. The van der Waals surface area contributed by atoms with Crippen molar-refractivity contribution in [1.82, 2.24) is 20.1 Å². The molecule has 2 aromatic heterocycles. The van der Waals surface area contributed by atoms with E-state index >= 15 is 0 Å². The number of hydrogen-bond donors (Lipinski definition) is 1. The Hall–Kier alpha value is -1.68. The molecule has 2 aromatic rings. The summed E-state index contributed by atoms with van der Waals surface area (Å²) in [5.41, 5.74) is 3.48. The van der Waals surface area contributed by atoms with Crippen LogP contribution in [0.4, 0.5) is 0 Å². The van der Waals surface area contributed by atoms with Crippen molar-refractivity contribution >= 4 is 0 Å². The molecule has 102 valence electrons. The lowest BCUT2D eigenvalue weighted by Gasteiger charge is -2.18. The highest BCUT2D eigenvalue weighted by Gasteiger charge is 2.18. The summed E-state index contributed by atoms with van der Waals surface area (Å²) in [5, 5.41) is 7.93. The molecule has 0 amide bonds. The zero-order valence-electron chi connectivity index (χ0n) is 11.9. The van der Waals surface area contributed by atoms with Crippen LogP contribution < -0.4 is 5.32 Å². The summed E-state index contributed by atoms with van der Waals surface area (Å²) < 4.78 is 1.95. The van der Waals surface area contributed by atoms with E-state index in [-0.39, 0.29) is 6.04 Å². The van der Waals surface area contributed by atoms with Crippen molar-refractivity contribution in [2.45, 2.75) is 39.8 Å². The van der Waals surface area contributed by atoms with Crippen LogP contribution in [0, 0.1) is 6.92 Å². The lowest BCUT2D eigenvalue weighted by molar-refractivity contribution is 0.582. The maximum atomic E-state index is 4.54. The van der Waals surface area contributed by atoms with Gasteiger partial charge in [0.2, 0.25) is 0 Å². The van der Waals surface area contributed by atoms with Crippen molar-refractivity contribution < 1.29 is 0 Å². The summed E-state index contributed by atoms with van der Waals surface area (Å²) in [5.74, 6) is 0. The van der Waals surface area contributed by atoms with E-state index in [0.717, 1.165) is 25.2 Å². The van der Waals surface area contributed by atoms with Gasteiger partial charge < -0.3 is 5.32 Å². The molecular formula is C15H22N4. The van der Waals surface area contributed by atoms with Crippen molar-refractivity contribution in [1.29, 1.82) is 0 Å². The van der Waals surface area contributed by atoms with Crippen molar-refractivity contribution in [2.24, 2.45) is 0 Å². The predicted molar refractivity (Wildman–Crippen MR) is 77.0 cm³/mol. The molecule has 0 radical (unpaired) electrons. The van der Waals surface area contributed by atoms with Crippen LogP contribution in [0.5, 0.6) is 0 Å². The van der Waals surface area contributed by atoms with Gasteiger partial charge in [0, 0.05) is 24.5 Å². The number of nitrogens with zero attached hydrogens (tertiary/aromatic N) is 3. The van der Waals surface area contributed by atoms with E-state index in [2.05, 4.69) is 48.4 Å². The fourth-order valence-corrected chi connectivity index (χ4v) is 2.16. The molecule has 19 heavy (non-hydrogen) atoms. The van der Waals surface area contributed by atoms with Crippen LogP contribution in [-0.4, -0.2) is 21.3 Å². The van der Waals surface area contributed by atoms with E-state index in [1.54, 1.807) is 0 Å². The minimum Gasteiger partial charge on any atom is -0.305 e. The summed E-state index contributed by atoms with van der Waals surface area (Å²) in [6.45, 7) is 8.23. The Balaban J connectivity index is 2.32. The largest absolute Gasteiger partial charge is 0.305 e. The second-order valence-electron chi connectivity index (χ2n) is 4.72. The highest BCUT2D eigenvalue weighted by Crippen LogP contribution is 2.22. The fourth-order valence-electron chi connectivity index (χ4n) is 2.16. The highest BCUT2D eigenvalue weighted by molar-refractivity contribution is 5.29. The molecule has 1 N–H and O–H groups in total. The smallest absolute Gasteiger partial charge is 0.0784 e. The zero-order chi connectivity index (χ0) is 13.7. The van der Waals surface area contributed by atoms with Crippen LogP contribution in [0.25, 0.3) is 0 Å². The van der Waals surface area contributed by atoms with Gasteiger partial charge in [0.1, 0.15) is 0 Å². The normalized spacial score (nSPS) is 12.6. The van der Waals surface area contributed by atoms with Gasteiger partial charge in [-0.05, 0) is 38.4 Å². The third kappa shape index (κ3) is 3.20. The number of pyridine rings is 1. The van der Waals surface area contributed by atoms with Crippen LogP contribution >= 0.6 is 0 Å². The van der Waals surface area contributed by atoms with E-state index in [4.69, 9.17) is 0 Å². The van der Waals surface area contributed by atoms with Crippen molar-refractivity contribution in [3.63, 3.8) is 0 Å². The van der Waals surface area contributed by atoms with E-state index in [9.17, 15) is 0 Å². The van der Waals surface area contributed by atoms with Gasteiger partial charge >= 0.3 is 0 Å². The first-order valence-electron chi connectivity index (χ1n) is 6.93. The van der Waals surface area contributed by atoms with Gasteiger partial charge in [-0.3, -0.25) is 9.67 Å². The Bertz CT molecular complexity index is 518. The topological polar surface area (TPSA) is 42.7 Å². The van der Waals surface area contributed by atoms with E-state index in [0.29, 0.717) is 0 Å². The first-order valence-corrected chi connectivity index (χ1v) is 6.93. The Labute approximate surface area is 114 Å². The maximum absolute atomic E-state index is 4.54. The molecule has 2 heterocycles. The fraction of sp³-hybridized carbons (Fsp3) is 0.467. The van der Waals surface area contributed by atoms with Crippen LogP contribution in [0.2, 0.25) is 0 Å². The van der Waals surface area contributed by atoms with Gasteiger partial charge in [0.05, 0.1) is 17.9 Å². The standard InChI is InChI=1S/C15H22N4/c1-4-8-16-15(13-10-18-19(5-2)11-13)14-12(3)7-6-9-17-14/h6-7,9-11,15-16H,4-5,8H2,1-3H3. The second-order valence-corrected chi connectivity index (χ2v) is 4.72. The molecule has 0 saturated carbocycles. The SMILES string of the molecule is CCCNC(c1cnn(CC)c1)c1ncccc1C. The molecule has 4 nitrogen and oxygen atoms in total. The minimum absolute atomic E-state index is 0.126. The molecule has 4 heteroatoms. The summed E-state index contributed by atoms with van der Waals surface area (Å²) >= 11 is 0. The zero-order valence-corrected chi connectivity index (χ0v) is 11.9. The number of hydrogen-bond acceptors (Lipinski definition) is 3. The lowest BCUT2D eigenvalue weighted by atomic mass is 10.0. The Morgan fingerprint density at radius 3 is 2.84 bits per heavy atom. The third-order valence-corrected chi connectivity index (χ3v) is 3.23. The molecule has 2 rings (SSSR count). The molecule has 0 aliphatic rings. The Kier molecular flexibility index (Phi) is 4.68. The van der Waals surface area contributed by atoms with Crippen LogP contribution in [0.1, 0.15) is 43.1 Å². The van der Waals surface area contributed by atoms with Crippen LogP contribution in [0.15, 0.2) is 30.7 Å². The maximum Gasteiger partial charge on any atom is 0.0784 e. The average molecular weight is 258 g/mol. The summed E-state index contributed by atoms with van der Waals surface area (Å²) in [6, 6.07) is 4.21. The van der Waals surface area contributed by atoms with Gasteiger partial charge in [-0.15, -0.1) is 0 Å². The first-order chi connectivity index (χ1) is 9.26. The van der Waals surface area contributed by atoms with Crippen molar-refractivity contribution in [3.05, 3.63) is 47.5 Å². The predicted octanol–water partition coefficient (Wildman–Crippen LogP) is 2.70. The van der Waals surface area contributed by atoms with Gasteiger partial charge in [-0.25, -0.2) is 0 Å². The highest BCUT2D eigenvalue weighted by atomic mass is 15.3. The summed E-state index contributed by atoms with van der Waals surface area (Å²) in [7, 11) is 0. The monoisotopic (exact) mass is 258 g/mol. The number of aromatic nitrogens is 3. The average Bonchev–Trinajstić information content (AvgIpc) is 2.90. The van der Waals surface area contributed by atoms with E-state index in [1.807, 2.05) is 23.1 Å². The molecule has 0 aliphatic carbocycles. The van der Waals surface area contributed by atoms with E-state index in [1.165, 1.54) is 11.1 Å². The Morgan fingerprint density at radius 1 is 1.37 bits per heavy atom. The van der Waals surface area contributed by atoms with Gasteiger partial charge in [0.25, 0.3) is 0 Å². The molecule has 0 bridgehead atoms. The molecule has 1 atom stereocenters. The van der Waals surface area contributed by atoms with Crippen molar-refractivity contribution in [3.8, 4) is 0 Å². The molecule has 1 unspecified atom stereocenters. The van der Waals surface area contributed by atoms with Gasteiger partial charge in [0.15, 0.2) is 0 Å². The summed E-state index contributed by atoms with van der Waals surface area (Å²) in [6.07, 6.45) is 6.99. The molecule has 0 aromatic carbocycles. The number of nitrogens with one attached hydrogen (secondary N) is 1. The lowest BCUT2D eigenvalue weighted by Crippen LogP contribution is -2.24.